The third-order valence-electron chi connectivity index (χ3n) is 2.10. The molecule has 2 aromatic rings. The Morgan fingerprint density at radius 3 is 1.80 bits per heavy atom. The molecular formula is C14H11NaO5. The summed E-state index contributed by atoms with van der Waals surface area (Å²) in [7, 11) is 0. The van der Waals surface area contributed by atoms with E-state index in [1.807, 2.05) is 0 Å². The molecule has 0 amide bonds. The number of benzene rings is 2. The van der Waals surface area contributed by atoms with Gasteiger partial charge in [-0.1, -0.05) is 36.4 Å². The van der Waals surface area contributed by atoms with Gasteiger partial charge in [-0.2, -0.15) is 0 Å². The number of carboxylic acid groups (broad SMARTS) is 2. The van der Waals surface area contributed by atoms with Crippen molar-refractivity contribution in [2.75, 3.05) is 0 Å². The molecule has 0 aliphatic heterocycles. The van der Waals surface area contributed by atoms with E-state index >= 15 is 0 Å². The first kappa shape index (κ1) is 18.2. The second-order valence-corrected chi connectivity index (χ2v) is 3.51. The molecule has 20 heavy (non-hydrogen) atoms. The van der Waals surface area contributed by atoms with Gasteiger partial charge in [-0.25, -0.2) is 4.79 Å². The summed E-state index contributed by atoms with van der Waals surface area (Å²) in [6, 6.07) is 13.6. The molecule has 0 saturated heterocycles. The Morgan fingerprint density at radius 2 is 1.45 bits per heavy atom. The largest absolute Gasteiger partial charge is 1.00 e. The van der Waals surface area contributed by atoms with Crippen molar-refractivity contribution in [3.8, 4) is 5.75 Å². The van der Waals surface area contributed by atoms with Gasteiger partial charge >= 0.3 is 35.5 Å². The summed E-state index contributed by atoms with van der Waals surface area (Å²) in [5.41, 5.74) is 0.317. The van der Waals surface area contributed by atoms with Crippen molar-refractivity contribution >= 4 is 11.9 Å². The molecule has 2 N–H and O–H groups in total. The van der Waals surface area contributed by atoms with Crippen molar-refractivity contribution in [3.63, 3.8) is 0 Å². The van der Waals surface area contributed by atoms with Crippen molar-refractivity contribution in [2.24, 2.45) is 0 Å². The molecule has 98 valence electrons. The van der Waals surface area contributed by atoms with Crippen LogP contribution >= 0.6 is 0 Å². The fourth-order valence-corrected chi connectivity index (χ4v) is 1.21. The average Bonchev–Trinajstić information content (AvgIpc) is 2.40. The summed E-state index contributed by atoms with van der Waals surface area (Å²) >= 11 is 0. The predicted octanol–water partition coefficient (Wildman–Crippen LogP) is -1.86. The average molecular weight is 282 g/mol. The van der Waals surface area contributed by atoms with Crippen LogP contribution in [0.1, 0.15) is 20.7 Å². The van der Waals surface area contributed by atoms with Crippen LogP contribution in [0, 0.1) is 0 Å². The smallest absolute Gasteiger partial charge is 0.545 e. The van der Waals surface area contributed by atoms with Gasteiger partial charge < -0.3 is 20.1 Å². The molecule has 0 atom stereocenters. The molecule has 0 fully saturated rings. The molecule has 0 aromatic heterocycles. The van der Waals surface area contributed by atoms with Crippen LogP contribution in [0.25, 0.3) is 0 Å². The van der Waals surface area contributed by atoms with Gasteiger partial charge in [-0.3, -0.25) is 0 Å². The molecule has 0 aliphatic carbocycles. The molecule has 0 bridgehead atoms. The summed E-state index contributed by atoms with van der Waals surface area (Å²) < 4.78 is 0. The van der Waals surface area contributed by atoms with E-state index in [4.69, 9.17) is 10.2 Å². The van der Waals surface area contributed by atoms with E-state index in [1.54, 1.807) is 18.2 Å². The molecule has 0 unspecified atom stereocenters. The molecule has 0 heterocycles. The first-order chi connectivity index (χ1) is 9.00. The third kappa shape index (κ3) is 6.38. The molecule has 0 spiro atoms. The maximum Gasteiger partial charge on any atom is 1.00 e. The minimum Gasteiger partial charge on any atom is -0.545 e. The van der Waals surface area contributed by atoms with E-state index in [0.29, 0.717) is 0 Å². The van der Waals surface area contributed by atoms with Crippen LogP contribution in [0.4, 0.5) is 0 Å². The van der Waals surface area contributed by atoms with E-state index < -0.39 is 11.9 Å². The summed E-state index contributed by atoms with van der Waals surface area (Å²) in [6.07, 6.45) is 0. The molecule has 0 radical (unpaired) electrons. The topological polar surface area (TPSA) is 97.7 Å². The molecule has 0 aliphatic rings. The summed E-state index contributed by atoms with van der Waals surface area (Å²) in [5, 5.41) is 27.3. The van der Waals surface area contributed by atoms with Crippen LogP contribution < -0.4 is 34.7 Å². The van der Waals surface area contributed by atoms with Crippen molar-refractivity contribution in [2.45, 2.75) is 0 Å². The minimum absolute atomic E-state index is 0. The van der Waals surface area contributed by atoms with Gasteiger partial charge in [-0.15, -0.1) is 0 Å². The van der Waals surface area contributed by atoms with Gasteiger partial charge in [0, 0.05) is 0 Å². The Labute approximate surface area is 137 Å². The fraction of sp³-hybridized carbons (Fsp3) is 0. The van der Waals surface area contributed by atoms with Gasteiger partial charge in [0.05, 0.1) is 11.5 Å². The zero-order valence-electron chi connectivity index (χ0n) is 10.8. The number of aromatic hydroxyl groups is 1. The zero-order chi connectivity index (χ0) is 14.3. The number of carbonyl (C=O) groups is 2. The summed E-state index contributed by atoms with van der Waals surface area (Å²) in [6.45, 7) is 0. The Bertz CT molecular complexity index is 569. The predicted molar refractivity (Wildman–Crippen MR) is 65.8 cm³/mol. The zero-order valence-corrected chi connectivity index (χ0v) is 12.8. The van der Waals surface area contributed by atoms with Crippen LogP contribution in [0.2, 0.25) is 0 Å². The van der Waals surface area contributed by atoms with Gasteiger partial charge in [0.2, 0.25) is 0 Å². The summed E-state index contributed by atoms with van der Waals surface area (Å²) in [5.74, 6) is -2.19. The number of phenols is 1. The number of carbonyl (C=O) groups excluding carboxylic acids is 1. The SMILES string of the molecule is O=C(O)c1cccc(O)c1.O=C([O-])c1ccccc1.[Na+]. The Kier molecular flexibility index (Phi) is 8.31. The molecular weight excluding hydrogens is 271 g/mol. The molecule has 2 rings (SSSR count). The van der Waals surface area contributed by atoms with Crippen LogP contribution in [0.5, 0.6) is 5.75 Å². The van der Waals surface area contributed by atoms with E-state index in [1.165, 1.54) is 36.4 Å². The van der Waals surface area contributed by atoms with Crippen molar-refractivity contribution < 1.29 is 54.5 Å². The van der Waals surface area contributed by atoms with Crippen LogP contribution in [-0.4, -0.2) is 22.2 Å². The number of hydrogen-bond acceptors (Lipinski definition) is 4. The van der Waals surface area contributed by atoms with E-state index in [2.05, 4.69) is 0 Å². The first-order valence-corrected chi connectivity index (χ1v) is 5.29. The monoisotopic (exact) mass is 282 g/mol. The Hall–Kier alpha value is -1.82. The fourth-order valence-electron chi connectivity index (χ4n) is 1.21. The molecule has 2 aromatic carbocycles. The second-order valence-electron chi connectivity index (χ2n) is 3.51. The number of aromatic carboxylic acids is 2. The molecule has 6 heteroatoms. The summed E-state index contributed by atoms with van der Waals surface area (Å²) in [4.78, 5) is 20.3. The quantitative estimate of drug-likeness (QED) is 0.630. The standard InChI is InChI=1S/C7H6O3.C7H6O2.Na/c8-6-3-1-2-5(4-6)7(9)10;8-7(9)6-4-2-1-3-5-6;/h1-4,8H,(H,9,10);1-5H,(H,8,9);/q;;+1/p-1. The van der Waals surface area contributed by atoms with Crippen molar-refractivity contribution in [3.05, 3.63) is 65.7 Å². The van der Waals surface area contributed by atoms with Gasteiger partial charge in [0.25, 0.3) is 0 Å². The number of hydrogen-bond donors (Lipinski definition) is 2. The third-order valence-corrected chi connectivity index (χ3v) is 2.10. The Morgan fingerprint density at radius 1 is 0.900 bits per heavy atom. The maximum absolute atomic E-state index is 10.2. The normalized spacial score (nSPS) is 8.60. The molecule has 0 saturated carbocycles. The maximum atomic E-state index is 10.2. The van der Waals surface area contributed by atoms with Crippen LogP contribution in [-0.2, 0) is 0 Å². The minimum atomic E-state index is -1.13. The van der Waals surface area contributed by atoms with Crippen molar-refractivity contribution in [1.29, 1.82) is 0 Å². The number of carboxylic acids is 2. The second kappa shape index (κ2) is 9.14. The van der Waals surface area contributed by atoms with E-state index in [9.17, 15) is 14.7 Å². The van der Waals surface area contributed by atoms with Crippen LogP contribution in [0.15, 0.2) is 54.6 Å². The van der Waals surface area contributed by atoms with Crippen molar-refractivity contribution in [1.82, 2.24) is 0 Å². The number of rotatable bonds is 2. The number of phenolic OH excluding ortho intramolecular Hbond substituents is 1. The first-order valence-electron chi connectivity index (χ1n) is 5.29. The molecule has 5 nitrogen and oxygen atoms in total. The van der Waals surface area contributed by atoms with Gasteiger partial charge in [0.15, 0.2) is 0 Å². The van der Waals surface area contributed by atoms with Gasteiger partial charge in [0.1, 0.15) is 5.75 Å². The van der Waals surface area contributed by atoms with E-state index in [-0.39, 0.29) is 46.4 Å². The van der Waals surface area contributed by atoms with Gasteiger partial charge in [-0.05, 0) is 23.8 Å². The Balaban J connectivity index is 0.000000345. The van der Waals surface area contributed by atoms with Crippen LogP contribution in [0.3, 0.4) is 0 Å². The van der Waals surface area contributed by atoms with E-state index in [0.717, 1.165) is 0 Å².